The number of nitrogens with one attached hydrogen (secondary N) is 1. The molecule has 0 saturated carbocycles. The summed E-state index contributed by atoms with van der Waals surface area (Å²) in [6.45, 7) is 5.53. The van der Waals surface area contributed by atoms with E-state index in [9.17, 15) is 0 Å². The van der Waals surface area contributed by atoms with Crippen molar-refractivity contribution in [2.75, 3.05) is 0 Å². The van der Waals surface area contributed by atoms with Gasteiger partial charge in [0.25, 0.3) is 0 Å². The number of aliphatic imine (C=N–C) groups is 1. The van der Waals surface area contributed by atoms with Crippen LogP contribution in [0.1, 0.15) is 12.5 Å². The molecule has 14 heavy (non-hydrogen) atoms. The van der Waals surface area contributed by atoms with Crippen molar-refractivity contribution in [2.24, 2.45) is 4.99 Å². The lowest BCUT2D eigenvalue weighted by Crippen LogP contribution is -1.76. The lowest BCUT2D eigenvalue weighted by molar-refractivity contribution is 1.44. The number of aromatic amines is 1. The van der Waals surface area contributed by atoms with Gasteiger partial charge in [0.1, 0.15) is 0 Å². The Morgan fingerprint density at radius 1 is 1.43 bits per heavy atom. The number of para-hydroxylation sites is 1. The minimum atomic E-state index is 0.919. The molecule has 2 heteroatoms. The summed E-state index contributed by atoms with van der Waals surface area (Å²) in [5.41, 5.74) is 3.16. The highest BCUT2D eigenvalue weighted by Crippen LogP contribution is 2.24. The van der Waals surface area contributed by atoms with Gasteiger partial charge >= 0.3 is 0 Å². The van der Waals surface area contributed by atoms with Crippen LogP contribution in [0.5, 0.6) is 0 Å². The quantitative estimate of drug-likeness (QED) is 0.694. The fourth-order valence-corrected chi connectivity index (χ4v) is 1.62. The van der Waals surface area contributed by atoms with Gasteiger partial charge in [-0.15, -0.1) is 0 Å². The summed E-state index contributed by atoms with van der Waals surface area (Å²) in [7, 11) is 0. The van der Waals surface area contributed by atoms with E-state index in [2.05, 4.69) is 28.8 Å². The van der Waals surface area contributed by atoms with Crippen molar-refractivity contribution in [3.8, 4) is 0 Å². The molecule has 0 unspecified atom stereocenters. The van der Waals surface area contributed by atoms with Crippen LogP contribution in [0, 0.1) is 0 Å². The first-order chi connectivity index (χ1) is 6.86. The first kappa shape index (κ1) is 8.75. The largest absolute Gasteiger partial charge is 0.360 e. The van der Waals surface area contributed by atoms with E-state index in [4.69, 9.17) is 0 Å². The molecule has 0 aliphatic heterocycles. The van der Waals surface area contributed by atoms with Crippen LogP contribution in [-0.4, -0.2) is 11.7 Å². The molecule has 1 aromatic carbocycles. The zero-order valence-electron chi connectivity index (χ0n) is 8.12. The molecule has 0 fully saturated rings. The molecule has 0 radical (unpaired) electrons. The summed E-state index contributed by atoms with van der Waals surface area (Å²) >= 11 is 0. The lowest BCUT2D eigenvalue weighted by atomic mass is 10.1. The summed E-state index contributed by atoms with van der Waals surface area (Å²) in [6, 6.07) is 8.17. The zero-order chi connectivity index (χ0) is 9.97. The van der Waals surface area contributed by atoms with Gasteiger partial charge in [-0.05, 0) is 19.7 Å². The smallest absolute Gasteiger partial charge is 0.0673 e. The summed E-state index contributed by atoms with van der Waals surface area (Å²) < 4.78 is 0. The van der Waals surface area contributed by atoms with E-state index in [-0.39, 0.29) is 0 Å². The molecule has 70 valence electrons. The second-order valence-electron chi connectivity index (χ2n) is 3.08. The van der Waals surface area contributed by atoms with Crippen molar-refractivity contribution >= 4 is 23.3 Å². The molecule has 2 aromatic rings. The Labute approximate surface area is 83.0 Å². The standard InChI is InChI=1S/C12H12N2/c1-3-11(13-2)10-8-14-12-7-5-4-6-9(10)12/h3-8,14H,2H2,1H3. The van der Waals surface area contributed by atoms with E-state index in [0.29, 0.717) is 0 Å². The van der Waals surface area contributed by atoms with Crippen molar-refractivity contribution in [2.45, 2.75) is 6.92 Å². The molecular weight excluding hydrogens is 172 g/mol. The number of rotatable bonds is 2. The monoisotopic (exact) mass is 184 g/mol. The SMILES string of the molecule is C=NC(=CC)c1c[nH]c2ccccc12. The van der Waals surface area contributed by atoms with E-state index in [0.717, 1.165) is 16.8 Å². The Morgan fingerprint density at radius 2 is 2.21 bits per heavy atom. The van der Waals surface area contributed by atoms with Crippen LogP contribution in [-0.2, 0) is 0 Å². The van der Waals surface area contributed by atoms with Crippen LogP contribution in [0.2, 0.25) is 0 Å². The highest BCUT2D eigenvalue weighted by Gasteiger charge is 2.04. The average molecular weight is 184 g/mol. The van der Waals surface area contributed by atoms with Gasteiger partial charge in [0.15, 0.2) is 0 Å². The molecule has 0 atom stereocenters. The minimum Gasteiger partial charge on any atom is -0.360 e. The minimum absolute atomic E-state index is 0.919. The maximum Gasteiger partial charge on any atom is 0.0673 e. The normalized spacial score (nSPS) is 11.9. The maximum atomic E-state index is 3.99. The number of hydrogen-bond donors (Lipinski definition) is 1. The van der Waals surface area contributed by atoms with Crippen LogP contribution < -0.4 is 0 Å². The summed E-state index contributed by atoms with van der Waals surface area (Å²) in [4.78, 5) is 7.20. The van der Waals surface area contributed by atoms with Gasteiger partial charge in [0.2, 0.25) is 0 Å². The predicted molar refractivity (Wildman–Crippen MR) is 61.5 cm³/mol. The molecule has 2 rings (SSSR count). The lowest BCUT2D eigenvalue weighted by Gasteiger charge is -1.97. The number of benzene rings is 1. The third-order valence-electron chi connectivity index (χ3n) is 2.31. The number of allylic oxidation sites excluding steroid dienone is 1. The van der Waals surface area contributed by atoms with Gasteiger partial charge in [-0.1, -0.05) is 24.3 Å². The Kier molecular flexibility index (Phi) is 2.19. The third kappa shape index (κ3) is 1.25. The van der Waals surface area contributed by atoms with Crippen molar-refractivity contribution in [3.05, 3.63) is 42.1 Å². The molecule has 0 bridgehead atoms. The second-order valence-corrected chi connectivity index (χ2v) is 3.08. The van der Waals surface area contributed by atoms with Gasteiger partial charge in [-0.3, -0.25) is 4.99 Å². The molecule has 0 aliphatic rings. The fraction of sp³-hybridized carbons (Fsp3) is 0.0833. The highest BCUT2D eigenvalue weighted by atomic mass is 14.7. The molecule has 0 amide bonds. The average Bonchev–Trinajstić information content (AvgIpc) is 2.65. The number of aromatic nitrogens is 1. The zero-order valence-corrected chi connectivity index (χ0v) is 8.12. The van der Waals surface area contributed by atoms with Crippen molar-refractivity contribution in [3.63, 3.8) is 0 Å². The predicted octanol–water partition coefficient (Wildman–Crippen LogP) is 3.23. The number of nitrogens with zero attached hydrogens (tertiary/aromatic N) is 1. The van der Waals surface area contributed by atoms with Crippen molar-refractivity contribution < 1.29 is 0 Å². The second kappa shape index (κ2) is 3.50. The van der Waals surface area contributed by atoms with Crippen LogP contribution in [0.4, 0.5) is 0 Å². The van der Waals surface area contributed by atoms with Crippen molar-refractivity contribution in [1.82, 2.24) is 4.98 Å². The molecule has 0 aliphatic carbocycles. The Bertz CT molecular complexity index is 492. The molecule has 2 nitrogen and oxygen atoms in total. The first-order valence-corrected chi connectivity index (χ1v) is 4.56. The van der Waals surface area contributed by atoms with E-state index in [1.807, 2.05) is 31.3 Å². The Balaban J connectivity index is 2.69. The first-order valence-electron chi connectivity index (χ1n) is 4.56. The van der Waals surface area contributed by atoms with Gasteiger partial charge in [-0.25, -0.2) is 0 Å². The van der Waals surface area contributed by atoms with Crippen LogP contribution >= 0.6 is 0 Å². The van der Waals surface area contributed by atoms with E-state index in [1.54, 1.807) is 0 Å². The van der Waals surface area contributed by atoms with Crippen LogP contribution in [0.15, 0.2) is 41.5 Å². The van der Waals surface area contributed by atoms with Gasteiger partial charge in [0, 0.05) is 22.7 Å². The van der Waals surface area contributed by atoms with E-state index >= 15 is 0 Å². The highest BCUT2D eigenvalue weighted by molar-refractivity contribution is 5.92. The summed E-state index contributed by atoms with van der Waals surface area (Å²) in [6.07, 6.45) is 3.93. The maximum absolute atomic E-state index is 3.99. The van der Waals surface area contributed by atoms with Gasteiger partial charge in [0.05, 0.1) is 5.70 Å². The van der Waals surface area contributed by atoms with Gasteiger partial charge in [-0.2, -0.15) is 0 Å². The molecule has 0 saturated heterocycles. The summed E-state index contributed by atoms with van der Waals surface area (Å²) in [5, 5.41) is 1.19. The summed E-state index contributed by atoms with van der Waals surface area (Å²) in [5.74, 6) is 0. The molecule has 1 heterocycles. The molecule has 0 spiro atoms. The molecule has 1 aromatic heterocycles. The van der Waals surface area contributed by atoms with Crippen molar-refractivity contribution in [1.29, 1.82) is 0 Å². The molecule has 1 N–H and O–H groups in total. The van der Waals surface area contributed by atoms with Crippen LogP contribution in [0.3, 0.4) is 0 Å². The topological polar surface area (TPSA) is 28.1 Å². The Morgan fingerprint density at radius 3 is 2.93 bits per heavy atom. The number of H-pyrrole nitrogens is 1. The van der Waals surface area contributed by atoms with Gasteiger partial charge < -0.3 is 4.98 Å². The van der Waals surface area contributed by atoms with Crippen LogP contribution in [0.25, 0.3) is 16.6 Å². The molecular formula is C12H12N2. The number of fused-ring (bicyclic) bond motifs is 1. The number of hydrogen-bond acceptors (Lipinski definition) is 1. The third-order valence-corrected chi connectivity index (χ3v) is 2.31. The van der Waals surface area contributed by atoms with E-state index in [1.165, 1.54) is 5.39 Å². The van der Waals surface area contributed by atoms with E-state index < -0.39 is 0 Å². The fourth-order valence-electron chi connectivity index (χ4n) is 1.62. The Hall–Kier alpha value is -1.83.